The summed E-state index contributed by atoms with van der Waals surface area (Å²) in [6.45, 7) is 5.52. The zero-order valence-corrected chi connectivity index (χ0v) is 18.2. The van der Waals surface area contributed by atoms with Gasteiger partial charge >= 0.3 is 0 Å². The third kappa shape index (κ3) is 4.09. The summed E-state index contributed by atoms with van der Waals surface area (Å²) >= 11 is 0. The zero-order valence-electron chi connectivity index (χ0n) is 18.2. The number of fused-ring (bicyclic) bond motifs is 2. The summed E-state index contributed by atoms with van der Waals surface area (Å²) in [5.74, 6) is 0.760. The van der Waals surface area contributed by atoms with Crippen LogP contribution in [0.5, 0.6) is 5.75 Å². The summed E-state index contributed by atoms with van der Waals surface area (Å²) in [4.78, 5) is 28.4. The molecule has 0 unspecified atom stereocenters. The maximum atomic E-state index is 13.4. The van der Waals surface area contributed by atoms with Crippen LogP contribution in [0.15, 0.2) is 57.7 Å². The molecule has 1 aromatic heterocycles. The Hall–Kier alpha value is -3.08. The average molecular weight is 420 g/mol. The van der Waals surface area contributed by atoms with Gasteiger partial charge in [0, 0.05) is 6.54 Å². The number of ether oxygens (including phenoxy) is 1. The molecule has 1 aliphatic heterocycles. The Morgan fingerprint density at radius 3 is 2.42 bits per heavy atom. The van der Waals surface area contributed by atoms with Gasteiger partial charge in [0.2, 0.25) is 5.76 Å². The quantitative estimate of drug-likeness (QED) is 0.417. The lowest BCUT2D eigenvalue weighted by Crippen LogP contribution is -2.30. The minimum Gasteiger partial charge on any atom is -0.494 e. The number of nitrogens with zero attached hydrogens (tertiary/aromatic N) is 1. The normalized spacial score (nSPS) is 15.5. The minimum atomic E-state index is -0.441. The van der Waals surface area contributed by atoms with Crippen LogP contribution in [0.25, 0.3) is 11.0 Å². The second-order valence-corrected chi connectivity index (χ2v) is 8.05. The van der Waals surface area contributed by atoms with E-state index in [-0.39, 0.29) is 17.1 Å². The van der Waals surface area contributed by atoms with Crippen LogP contribution < -0.4 is 10.2 Å². The van der Waals surface area contributed by atoms with Gasteiger partial charge in [0.1, 0.15) is 11.3 Å². The molecule has 1 amide bonds. The summed E-state index contributed by atoms with van der Waals surface area (Å²) in [6.07, 6.45) is 5.16. The van der Waals surface area contributed by atoms with Gasteiger partial charge in [-0.3, -0.25) is 9.59 Å². The number of unbranched alkanes of at least 4 members (excludes halogenated alkanes) is 3. The van der Waals surface area contributed by atoms with Crippen molar-refractivity contribution in [1.29, 1.82) is 0 Å². The number of hydrogen-bond acceptors (Lipinski definition) is 4. The predicted molar refractivity (Wildman–Crippen MR) is 122 cm³/mol. The molecule has 0 saturated heterocycles. The van der Waals surface area contributed by atoms with E-state index in [9.17, 15) is 9.59 Å². The van der Waals surface area contributed by atoms with Crippen LogP contribution in [0.4, 0.5) is 0 Å². The molecule has 162 valence electrons. The lowest BCUT2D eigenvalue weighted by molar-refractivity contribution is 0.0725. The first kappa shape index (κ1) is 21.2. The SMILES string of the molecule is CCCCCOc1ccc([C@H]2c3c(oc4ccccc4c3=O)C(=O)N2CCCC)cc1. The number of carbonyl (C=O) groups is 1. The highest BCUT2D eigenvalue weighted by atomic mass is 16.5. The molecule has 5 nitrogen and oxygen atoms in total. The third-order valence-corrected chi connectivity index (χ3v) is 5.84. The monoisotopic (exact) mass is 419 g/mol. The van der Waals surface area contributed by atoms with Gasteiger partial charge in [0.15, 0.2) is 5.43 Å². The maximum Gasteiger partial charge on any atom is 0.290 e. The van der Waals surface area contributed by atoms with Gasteiger partial charge in [-0.1, -0.05) is 57.4 Å². The van der Waals surface area contributed by atoms with Gasteiger partial charge in [-0.2, -0.15) is 0 Å². The second kappa shape index (κ2) is 9.38. The van der Waals surface area contributed by atoms with E-state index in [0.717, 1.165) is 43.4 Å². The van der Waals surface area contributed by atoms with Crippen molar-refractivity contribution in [3.05, 3.63) is 75.6 Å². The van der Waals surface area contributed by atoms with E-state index in [4.69, 9.17) is 9.15 Å². The molecule has 0 radical (unpaired) electrons. The number of rotatable bonds is 9. The van der Waals surface area contributed by atoms with Crippen molar-refractivity contribution < 1.29 is 13.9 Å². The molecule has 1 atom stereocenters. The molecule has 2 heterocycles. The molecule has 2 aromatic carbocycles. The van der Waals surface area contributed by atoms with Crippen LogP contribution in [-0.4, -0.2) is 24.0 Å². The van der Waals surface area contributed by atoms with Gasteiger partial charge in [0.05, 0.1) is 23.6 Å². The molecule has 3 aromatic rings. The number of para-hydroxylation sites is 1. The summed E-state index contributed by atoms with van der Waals surface area (Å²) in [5, 5.41) is 0.507. The fraction of sp³-hybridized carbons (Fsp3) is 0.385. The van der Waals surface area contributed by atoms with Crippen LogP contribution in [0, 0.1) is 0 Å². The molecule has 0 N–H and O–H groups in total. The summed E-state index contributed by atoms with van der Waals surface area (Å²) in [7, 11) is 0. The molecule has 0 aliphatic carbocycles. The molecule has 5 heteroatoms. The molecule has 31 heavy (non-hydrogen) atoms. The van der Waals surface area contributed by atoms with E-state index in [0.29, 0.717) is 29.7 Å². The van der Waals surface area contributed by atoms with Crippen molar-refractivity contribution in [2.75, 3.05) is 13.2 Å². The number of hydrogen-bond donors (Lipinski definition) is 0. The smallest absolute Gasteiger partial charge is 0.290 e. The Labute approximate surface area is 182 Å². The van der Waals surface area contributed by atoms with E-state index in [1.54, 1.807) is 17.0 Å². The van der Waals surface area contributed by atoms with Crippen molar-refractivity contribution in [3.63, 3.8) is 0 Å². The molecular weight excluding hydrogens is 390 g/mol. The summed E-state index contributed by atoms with van der Waals surface area (Å²) in [6, 6.07) is 14.4. The predicted octanol–water partition coefficient (Wildman–Crippen LogP) is 5.71. The largest absolute Gasteiger partial charge is 0.494 e. The van der Waals surface area contributed by atoms with E-state index >= 15 is 0 Å². The standard InChI is InChI=1S/C26H29NO4/c1-3-5-9-17-30-19-14-12-18(13-15-19)23-22-24(28)20-10-7-8-11-21(20)31-25(22)26(29)27(23)16-6-4-2/h7-8,10-15,23H,3-6,9,16-17H2,1-2H3/t23-/m0/s1. The first-order valence-electron chi connectivity index (χ1n) is 11.2. The zero-order chi connectivity index (χ0) is 21.8. The fourth-order valence-corrected chi connectivity index (χ4v) is 4.16. The first-order chi connectivity index (χ1) is 15.2. The molecular formula is C26H29NO4. The van der Waals surface area contributed by atoms with Crippen molar-refractivity contribution in [2.24, 2.45) is 0 Å². The topological polar surface area (TPSA) is 59.8 Å². The van der Waals surface area contributed by atoms with Gasteiger partial charge in [-0.25, -0.2) is 0 Å². The summed E-state index contributed by atoms with van der Waals surface area (Å²) in [5.41, 5.74) is 1.66. The van der Waals surface area contributed by atoms with Gasteiger partial charge in [0.25, 0.3) is 5.91 Å². The first-order valence-corrected chi connectivity index (χ1v) is 11.2. The Bertz CT molecular complexity index is 1120. The lowest BCUT2D eigenvalue weighted by Gasteiger charge is -2.25. The third-order valence-electron chi connectivity index (χ3n) is 5.84. The van der Waals surface area contributed by atoms with Gasteiger partial charge in [-0.15, -0.1) is 0 Å². The molecule has 0 bridgehead atoms. The Morgan fingerprint density at radius 1 is 0.935 bits per heavy atom. The Morgan fingerprint density at radius 2 is 1.68 bits per heavy atom. The molecule has 0 fully saturated rings. The summed E-state index contributed by atoms with van der Waals surface area (Å²) < 4.78 is 11.8. The van der Waals surface area contributed by atoms with Gasteiger partial charge < -0.3 is 14.1 Å². The highest BCUT2D eigenvalue weighted by Crippen LogP contribution is 2.38. The van der Waals surface area contributed by atoms with Crippen molar-refractivity contribution in [3.8, 4) is 5.75 Å². The van der Waals surface area contributed by atoms with Crippen molar-refractivity contribution >= 4 is 16.9 Å². The van der Waals surface area contributed by atoms with Gasteiger partial charge in [-0.05, 0) is 42.7 Å². The van der Waals surface area contributed by atoms with Crippen molar-refractivity contribution in [2.45, 2.75) is 52.0 Å². The van der Waals surface area contributed by atoms with Crippen LogP contribution >= 0.6 is 0 Å². The molecule has 1 aliphatic rings. The lowest BCUT2D eigenvalue weighted by atomic mass is 9.98. The van der Waals surface area contributed by atoms with E-state index in [1.165, 1.54) is 0 Å². The highest BCUT2D eigenvalue weighted by Gasteiger charge is 2.42. The molecule has 4 rings (SSSR count). The fourth-order valence-electron chi connectivity index (χ4n) is 4.16. The number of carbonyl (C=O) groups excluding carboxylic acids is 1. The van der Waals surface area contributed by atoms with Crippen LogP contribution in [0.1, 0.15) is 73.7 Å². The van der Waals surface area contributed by atoms with Crippen molar-refractivity contribution in [1.82, 2.24) is 4.90 Å². The number of amides is 1. The van der Waals surface area contributed by atoms with E-state index < -0.39 is 6.04 Å². The number of benzene rings is 2. The van der Waals surface area contributed by atoms with Crippen LogP contribution in [-0.2, 0) is 0 Å². The van der Waals surface area contributed by atoms with E-state index in [1.807, 2.05) is 36.4 Å². The maximum absolute atomic E-state index is 13.4. The second-order valence-electron chi connectivity index (χ2n) is 8.05. The average Bonchev–Trinajstić information content (AvgIpc) is 3.08. The molecule has 0 saturated carbocycles. The molecule has 0 spiro atoms. The van der Waals surface area contributed by atoms with E-state index in [2.05, 4.69) is 13.8 Å². The van der Waals surface area contributed by atoms with Crippen LogP contribution in [0.3, 0.4) is 0 Å². The Kier molecular flexibility index (Phi) is 6.40. The Balaban J connectivity index is 1.72. The minimum absolute atomic E-state index is 0.130. The highest BCUT2D eigenvalue weighted by molar-refractivity contribution is 5.99. The van der Waals surface area contributed by atoms with Crippen LogP contribution in [0.2, 0.25) is 0 Å².